The fourth-order valence-electron chi connectivity index (χ4n) is 3.40. The highest BCUT2D eigenvalue weighted by Gasteiger charge is 2.30. The van der Waals surface area contributed by atoms with E-state index in [2.05, 4.69) is 0 Å². The summed E-state index contributed by atoms with van der Waals surface area (Å²) < 4.78 is 26.7. The van der Waals surface area contributed by atoms with Gasteiger partial charge in [-0.25, -0.2) is 8.42 Å². The van der Waals surface area contributed by atoms with Crippen LogP contribution in [0, 0.1) is 10.1 Å². The van der Waals surface area contributed by atoms with Gasteiger partial charge in [-0.05, 0) is 25.0 Å². The summed E-state index contributed by atoms with van der Waals surface area (Å²) in [6.45, 7) is 1.21. The minimum absolute atomic E-state index is 0.0321. The van der Waals surface area contributed by atoms with Gasteiger partial charge >= 0.3 is 0 Å². The monoisotopic (exact) mass is 413 g/mol. The van der Waals surface area contributed by atoms with E-state index in [1.807, 2.05) is 0 Å². The Morgan fingerprint density at radius 1 is 1.11 bits per heavy atom. The number of nitrogens with zero attached hydrogens (tertiary/aromatic N) is 3. The van der Waals surface area contributed by atoms with Gasteiger partial charge in [-0.1, -0.05) is 12.8 Å². The fourth-order valence-corrected chi connectivity index (χ4v) is 6.05. The third-order valence-corrected chi connectivity index (χ3v) is 8.29. The van der Waals surface area contributed by atoms with Crippen molar-refractivity contribution < 1.29 is 18.1 Å². The van der Waals surface area contributed by atoms with Crippen molar-refractivity contribution in [2.45, 2.75) is 35.8 Å². The van der Waals surface area contributed by atoms with E-state index in [4.69, 9.17) is 0 Å². The second-order valence-corrected chi connectivity index (χ2v) is 9.98. The number of carbonyl (C=O) groups excluding carboxylic acids is 1. The minimum atomic E-state index is -3.71. The molecule has 1 saturated heterocycles. The molecule has 1 amide bonds. The minimum Gasteiger partial charge on any atom is -0.339 e. The number of thioether (sulfide) groups is 1. The third kappa shape index (κ3) is 4.80. The molecule has 0 N–H and O–H groups in total. The predicted molar refractivity (Wildman–Crippen MR) is 103 cm³/mol. The Morgan fingerprint density at radius 2 is 1.70 bits per heavy atom. The van der Waals surface area contributed by atoms with Crippen LogP contribution in [0.1, 0.15) is 25.7 Å². The first-order valence-corrected chi connectivity index (χ1v) is 11.5. The molecule has 10 heteroatoms. The molecule has 1 aliphatic heterocycles. The van der Waals surface area contributed by atoms with Crippen LogP contribution in [0.2, 0.25) is 0 Å². The standard InChI is InChI=1S/C17H23N3O5S2/c21-17(13-26-15-3-1-2-4-15)18-9-11-19(12-10-18)27(24,25)16-7-5-14(6-8-16)20(22)23/h5-8,15H,1-4,9-13H2. The molecule has 1 aromatic rings. The third-order valence-electron chi connectivity index (χ3n) is 5.02. The van der Waals surface area contributed by atoms with E-state index >= 15 is 0 Å². The first-order valence-electron chi connectivity index (χ1n) is 9.02. The number of sulfonamides is 1. The lowest BCUT2D eigenvalue weighted by Crippen LogP contribution is -2.51. The molecule has 3 rings (SSSR count). The molecule has 2 fully saturated rings. The number of carbonyl (C=O) groups is 1. The van der Waals surface area contributed by atoms with Crippen molar-refractivity contribution in [1.29, 1.82) is 0 Å². The van der Waals surface area contributed by atoms with Gasteiger partial charge in [0.05, 0.1) is 15.6 Å². The number of hydrogen-bond acceptors (Lipinski definition) is 6. The van der Waals surface area contributed by atoms with E-state index in [-0.39, 0.29) is 29.6 Å². The Hall–Kier alpha value is -1.65. The molecule has 0 bridgehead atoms. The summed E-state index contributed by atoms with van der Waals surface area (Å²) in [6, 6.07) is 4.88. The topological polar surface area (TPSA) is 101 Å². The zero-order valence-electron chi connectivity index (χ0n) is 15.0. The van der Waals surface area contributed by atoms with E-state index in [0.29, 0.717) is 24.1 Å². The lowest BCUT2D eigenvalue weighted by atomic mass is 10.3. The van der Waals surface area contributed by atoms with E-state index < -0.39 is 14.9 Å². The quantitative estimate of drug-likeness (QED) is 0.523. The lowest BCUT2D eigenvalue weighted by Gasteiger charge is -2.34. The van der Waals surface area contributed by atoms with Gasteiger partial charge in [-0.15, -0.1) is 11.8 Å². The average molecular weight is 414 g/mol. The second kappa shape index (κ2) is 8.57. The van der Waals surface area contributed by atoms with Crippen molar-refractivity contribution in [3.05, 3.63) is 34.4 Å². The molecule has 1 aromatic carbocycles. The first-order chi connectivity index (χ1) is 12.9. The lowest BCUT2D eigenvalue weighted by molar-refractivity contribution is -0.384. The van der Waals surface area contributed by atoms with E-state index in [9.17, 15) is 23.3 Å². The van der Waals surface area contributed by atoms with Gasteiger partial charge in [0.1, 0.15) is 0 Å². The molecular weight excluding hydrogens is 390 g/mol. The molecule has 148 valence electrons. The molecule has 1 heterocycles. The summed E-state index contributed by atoms with van der Waals surface area (Å²) in [5.74, 6) is 0.527. The molecule has 2 aliphatic rings. The average Bonchev–Trinajstić information content (AvgIpc) is 3.20. The summed E-state index contributed by atoms with van der Waals surface area (Å²) in [5.41, 5.74) is -0.149. The highest BCUT2D eigenvalue weighted by atomic mass is 32.2. The molecule has 27 heavy (non-hydrogen) atoms. The molecule has 0 unspecified atom stereocenters. The fraction of sp³-hybridized carbons (Fsp3) is 0.588. The van der Waals surface area contributed by atoms with Crippen LogP contribution in [0.3, 0.4) is 0 Å². The number of non-ortho nitro benzene ring substituents is 1. The van der Waals surface area contributed by atoms with Gasteiger partial charge in [-0.2, -0.15) is 4.31 Å². The van der Waals surface area contributed by atoms with Gasteiger partial charge in [0, 0.05) is 43.6 Å². The van der Waals surface area contributed by atoms with Crippen LogP contribution in [-0.4, -0.2) is 65.6 Å². The number of nitro benzene ring substituents is 1. The normalized spacial score (nSPS) is 19.3. The van der Waals surface area contributed by atoms with Crippen molar-refractivity contribution in [1.82, 2.24) is 9.21 Å². The molecule has 1 aliphatic carbocycles. The number of amides is 1. The van der Waals surface area contributed by atoms with Gasteiger partial charge < -0.3 is 4.90 Å². The van der Waals surface area contributed by atoms with Crippen molar-refractivity contribution in [2.24, 2.45) is 0 Å². The Kier molecular flexibility index (Phi) is 6.38. The van der Waals surface area contributed by atoms with E-state index in [1.54, 1.807) is 16.7 Å². The summed E-state index contributed by atoms with van der Waals surface area (Å²) in [7, 11) is -3.71. The van der Waals surface area contributed by atoms with E-state index in [1.165, 1.54) is 54.3 Å². The van der Waals surface area contributed by atoms with Crippen LogP contribution in [0.5, 0.6) is 0 Å². The number of nitro groups is 1. The van der Waals surface area contributed by atoms with Gasteiger partial charge in [0.15, 0.2) is 0 Å². The summed E-state index contributed by atoms with van der Waals surface area (Å²) >= 11 is 1.71. The molecular formula is C17H23N3O5S2. The largest absolute Gasteiger partial charge is 0.339 e. The summed E-state index contributed by atoms with van der Waals surface area (Å²) in [6.07, 6.45) is 4.84. The van der Waals surface area contributed by atoms with Crippen molar-refractivity contribution in [3.63, 3.8) is 0 Å². The Labute approximate surface area is 163 Å². The molecule has 0 aromatic heterocycles. The zero-order chi connectivity index (χ0) is 19.4. The number of rotatable bonds is 6. The van der Waals surface area contributed by atoms with Crippen LogP contribution in [0.4, 0.5) is 5.69 Å². The predicted octanol–water partition coefficient (Wildman–Crippen LogP) is 2.10. The number of hydrogen-bond donors (Lipinski definition) is 0. The van der Waals surface area contributed by atoms with Crippen LogP contribution in [0.25, 0.3) is 0 Å². The molecule has 1 saturated carbocycles. The first kappa shape index (κ1) is 20.1. The Morgan fingerprint density at radius 3 is 2.26 bits per heavy atom. The van der Waals surface area contributed by atoms with Gasteiger partial charge in [0.2, 0.25) is 15.9 Å². The SMILES string of the molecule is O=C(CSC1CCCC1)N1CCN(S(=O)(=O)c2ccc([N+](=O)[O-])cc2)CC1. The molecule has 0 radical (unpaired) electrons. The van der Waals surface area contributed by atoms with Crippen LogP contribution < -0.4 is 0 Å². The van der Waals surface area contributed by atoms with Crippen molar-refractivity contribution in [2.75, 3.05) is 31.9 Å². The van der Waals surface area contributed by atoms with Crippen LogP contribution in [-0.2, 0) is 14.8 Å². The smallest absolute Gasteiger partial charge is 0.269 e. The molecule has 0 spiro atoms. The summed E-state index contributed by atoms with van der Waals surface area (Å²) in [5, 5.41) is 11.3. The Bertz CT molecular complexity index is 783. The Balaban J connectivity index is 1.54. The van der Waals surface area contributed by atoms with E-state index in [0.717, 1.165) is 0 Å². The number of piperazine rings is 1. The van der Waals surface area contributed by atoms with Gasteiger partial charge in [0.25, 0.3) is 5.69 Å². The molecule has 0 atom stereocenters. The maximum atomic E-state index is 12.7. The highest BCUT2D eigenvalue weighted by molar-refractivity contribution is 8.00. The molecule has 8 nitrogen and oxygen atoms in total. The van der Waals surface area contributed by atoms with Crippen LogP contribution in [0.15, 0.2) is 29.2 Å². The van der Waals surface area contributed by atoms with Crippen molar-refractivity contribution in [3.8, 4) is 0 Å². The second-order valence-electron chi connectivity index (χ2n) is 6.75. The zero-order valence-corrected chi connectivity index (χ0v) is 16.6. The van der Waals surface area contributed by atoms with Crippen molar-refractivity contribution >= 4 is 33.4 Å². The van der Waals surface area contributed by atoms with Crippen LogP contribution >= 0.6 is 11.8 Å². The highest BCUT2D eigenvalue weighted by Crippen LogP contribution is 2.29. The maximum Gasteiger partial charge on any atom is 0.269 e. The summed E-state index contributed by atoms with van der Waals surface area (Å²) in [4.78, 5) is 24.3. The number of benzene rings is 1. The van der Waals surface area contributed by atoms with Gasteiger partial charge in [-0.3, -0.25) is 14.9 Å². The maximum absolute atomic E-state index is 12.7.